The van der Waals surface area contributed by atoms with Crippen molar-refractivity contribution in [1.82, 2.24) is 10.6 Å². The molecule has 0 aliphatic carbocycles. The molecule has 0 aromatic heterocycles. The minimum absolute atomic E-state index is 0. The molecule has 1 aromatic carbocycles. The van der Waals surface area contributed by atoms with Crippen molar-refractivity contribution in [3.8, 4) is 0 Å². The van der Waals surface area contributed by atoms with Gasteiger partial charge in [0.15, 0.2) is 27.4 Å². The van der Waals surface area contributed by atoms with Crippen molar-refractivity contribution in [2.75, 3.05) is 42.6 Å². The van der Waals surface area contributed by atoms with Crippen LogP contribution in [-0.4, -0.2) is 58.1 Å². The van der Waals surface area contributed by atoms with Gasteiger partial charge >= 0.3 is 0 Å². The second-order valence-corrected chi connectivity index (χ2v) is 9.39. The van der Waals surface area contributed by atoms with Gasteiger partial charge in [-0.1, -0.05) is 0 Å². The van der Waals surface area contributed by atoms with Crippen LogP contribution in [0, 0.1) is 17.6 Å². The molecule has 2 aliphatic heterocycles. The van der Waals surface area contributed by atoms with E-state index in [2.05, 4.69) is 15.6 Å². The predicted molar refractivity (Wildman–Crippen MR) is 118 cm³/mol. The molecule has 1 aromatic rings. The molecule has 2 N–H and O–H groups in total. The summed E-state index contributed by atoms with van der Waals surface area (Å²) in [6.07, 6.45) is 1.51. The van der Waals surface area contributed by atoms with Gasteiger partial charge in [0.1, 0.15) is 0 Å². The summed E-state index contributed by atoms with van der Waals surface area (Å²) in [7, 11) is -2.94. The van der Waals surface area contributed by atoms with Gasteiger partial charge in [-0.3, -0.25) is 4.99 Å². The fourth-order valence-corrected chi connectivity index (χ4v) is 5.21. The lowest BCUT2D eigenvalue weighted by Crippen LogP contribution is -2.44. The SMILES string of the molecule is CCNC(=NCC1CCN(c2ccc(F)c(F)c2)C1)NC1CCS(=O)(=O)C1.I. The fraction of sp³-hybridized carbons (Fsp3) is 0.611. The largest absolute Gasteiger partial charge is 0.371 e. The molecule has 2 heterocycles. The highest BCUT2D eigenvalue weighted by Crippen LogP contribution is 2.25. The van der Waals surface area contributed by atoms with E-state index in [9.17, 15) is 17.2 Å². The van der Waals surface area contributed by atoms with Gasteiger partial charge in [0.2, 0.25) is 0 Å². The zero-order valence-electron chi connectivity index (χ0n) is 15.8. The quantitative estimate of drug-likeness (QED) is 0.348. The molecule has 2 unspecified atom stereocenters. The Hall–Kier alpha value is -1.17. The second-order valence-electron chi connectivity index (χ2n) is 7.16. The van der Waals surface area contributed by atoms with Crippen molar-refractivity contribution < 1.29 is 17.2 Å². The summed E-state index contributed by atoms with van der Waals surface area (Å²) in [5, 5.41) is 6.36. The van der Waals surface area contributed by atoms with E-state index in [1.165, 1.54) is 6.07 Å². The zero-order chi connectivity index (χ0) is 19.4. The average molecular weight is 528 g/mol. The second kappa shape index (κ2) is 10.0. The van der Waals surface area contributed by atoms with E-state index in [1.807, 2.05) is 11.8 Å². The van der Waals surface area contributed by atoms with Gasteiger partial charge in [0.05, 0.1) is 11.5 Å². The smallest absolute Gasteiger partial charge is 0.191 e. The van der Waals surface area contributed by atoms with E-state index in [-0.39, 0.29) is 41.5 Å². The number of anilines is 1. The molecule has 2 atom stereocenters. The Labute approximate surface area is 182 Å². The Morgan fingerprint density at radius 2 is 2.07 bits per heavy atom. The van der Waals surface area contributed by atoms with Gasteiger partial charge in [-0.05, 0) is 37.8 Å². The monoisotopic (exact) mass is 528 g/mol. The van der Waals surface area contributed by atoms with Crippen LogP contribution in [0.1, 0.15) is 19.8 Å². The maximum absolute atomic E-state index is 13.4. The first-order valence-corrected chi connectivity index (χ1v) is 11.1. The lowest BCUT2D eigenvalue weighted by Gasteiger charge is -2.19. The summed E-state index contributed by atoms with van der Waals surface area (Å²) in [6.45, 7) is 4.75. The Kier molecular flexibility index (Phi) is 8.29. The van der Waals surface area contributed by atoms with Crippen molar-refractivity contribution in [1.29, 1.82) is 0 Å². The van der Waals surface area contributed by atoms with E-state index in [0.29, 0.717) is 37.1 Å². The predicted octanol–water partition coefficient (Wildman–Crippen LogP) is 2.15. The number of nitrogens with zero attached hydrogens (tertiary/aromatic N) is 2. The standard InChI is InChI=1S/C18H26F2N4O2S.HI/c1-2-21-18(23-14-6-8-27(25,26)12-14)22-10-13-5-7-24(11-13)15-3-4-16(19)17(20)9-15;/h3-4,9,13-14H,2,5-8,10-12H2,1H3,(H2,21,22,23);1H. The third-order valence-corrected chi connectivity index (χ3v) is 6.75. The fourth-order valence-electron chi connectivity index (χ4n) is 3.54. The number of aliphatic imine (C=N–C) groups is 1. The Balaban J connectivity index is 0.00000280. The van der Waals surface area contributed by atoms with Crippen LogP contribution in [0.2, 0.25) is 0 Å². The molecule has 2 aliphatic rings. The van der Waals surface area contributed by atoms with E-state index >= 15 is 0 Å². The van der Waals surface area contributed by atoms with Crippen molar-refractivity contribution >= 4 is 45.5 Å². The first-order valence-electron chi connectivity index (χ1n) is 9.31. The molecular weight excluding hydrogens is 501 g/mol. The minimum Gasteiger partial charge on any atom is -0.371 e. The maximum Gasteiger partial charge on any atom is 0.191 e. The van der Waals surface area contributed by atoms with Gasteiger partial charge < -0.3 is 15.5 Å². The molecular formula is C18H27F2IN4O2S. The van der Waals surface area contributed by atoms with Crippen LogP contribution in [0.25, 0.3) is 0 Å². The maximum atomic E-state index is 13.4. The summed E-state index contributed by atoms with van der Waals surface area (Å²) < 4.78 is 49.7. The highest BCUT2D eigenvalue weighted by Gasteiger charge is 2.28. The van der Waals surface area contributed by atoms with Gasteiger partial charge in [-0.2, -0.15) is 0 Å². The number of benzene rings is 1. The van der Waals surface area contributed by atoms with Crippen LogP contribution >= 0.6 is 24.0 Å². The van der Waals surface area contributed by atoms with Gasteiger partial charge in [-0.15, -0.1) is 24.0 Å². The van der Waals surface area contributed by atoms with Gasteiger partial charge in [0, 0.05) is 44.0 Å². The zero-order valence-corrected chi connectivity index (χ0v) is 19.0. The number of hydrogen-bond acceptors (Lipinski definition) is 4. The van der Waals surface area contributed by atoms with Crippen molar-refractivity contribution in [3.05, 3.63) is 29.8 Å². The van der Waals surface area contributed by atoms with Crippen LogP contribution in [0.3, 0.4) is 0 Å². The molecule has 0 saturated carbocycles. The first-order chi connectivity index (χ1) is 12.9. The van der Waals surface area contributed by atoms with Crippen LogP contribution < -0.4 is 15.5 Å². The molecule has 2 fully saturated rings. The summed E-state index contributed by atoms with van der Waals surface area (Å²) in [5.41, 5.74) is 0.682. The summed E-state index contributed by atoms with van der Waals surface area (Å²) in [4.78, 5) is 6.64. The molecule has 0 amide bonds. The number of hydrogen-bond donors (Lipinski definition) is 2. The highest BCUT2D eigenvalue weighted by molar-refractivity contribution is 14.0. The molecule has 158 valence electrons. The van der Waals surface area contributed by atoms with Crippen LogP contribution in [0.5, 0.6) is 0 Å². The molecule has 28 heavy (non-hydrogen) atoms. The number of halogens is 3. The lowest BCUT2D eigenvalue weighted by molar-refractivity contribution is 0.508. The van der Waals surface area contributed by atoms with Crippen LogP contribution in [0.4, 0.5) is 14.5 Å². The number of rotatable bonds is 5. The molecule has 2 saturated heterocycles. The number of nitrogens with one attached hydrogen (secondary N) is 2. The minimum atomic E-state index is -2.94. The molecule has 3 rings (SSSR count). The summed E-state index contributed by atoms with van der Waals surface area (Å²) in [6, 6.07) is 3.87. The van der Waals surface area contributed by atoms with Crippen LogP contribution in [-0.2, 0) is 9.84 Å². The molecule has 6 nitrogen and oxygen atoms in total. The number of sulfone groups is 1. The van der Waals surface area contributed by atoms with Gasteiger partial charge in [0.25, 0.3) is 0 Å². The molecule has 0 spiro atoms. The van der Waals surface area contributed by atoms with Gasteiger partial charge in [-0.25, -0.2) is 17.2 Å². The summed E-state index contributed by atoms with van der Waals surface area (Å²) >= 11 is 0. The Morgan fingerprint density at radius 1 is 1.29 bits per heavy atom. The normalized spacial score (nSPS) is 24.1. The van der Waals surface area contributed by atoms with E-state index in [1.54, 1.807) is 6.07 Å². The van der Waals surface area contributed by atoms with Crippen molar-refractivity contribution in [2.45, 2.75) is 25.8 Å². The van der Waals surface area contributed by atoms with Crippen molar-refractivity contribution in [2.24, 2.45) is 10.9 Å². The van der Waals surface area contributed by atoms with Crippen LogP contribution in [0.15, 0.2) is 23.2 Å². The topological polar surface area (TPSA) is 73.8 Å². The lowest BCUT2D eigenvalue weighted by atomic mass is 10.1. The van der Waals surface area contributed by atoms with E-state index < -0.39 is 21.5 Å². The van der Waals surface area contributed by atoms with Crippen molar-refractivity contribution in [3.63, 3.8) is 0 Å². The first kappa shape index (κ1) is 23.1. The molecule has 0 radical (unpaired) electrons. The third kappa shape index (κ3) is 6.16. The number of guanidine groups is 1. The third-order valence-electron chi connectivity index (χ3n) is 4.98. The van der Waals surface area contributed by atoms with E-state index in [4.69, 9.17) is 0 Å². The Morgan fingerprint density at radius 3 is 2.71 bits per heavy atom. The summed E-state index contributed by atoms with van der Waals surface area (Å²) in [5.74, 6) is -0.374. The molecule has 10 heteroatoms. The molecule has 0 bridgehead atoms. The average Bonchev–Trinajstić information content (AvgIpc) is 3.22. The van der Waals surface area contributed by atoms with E-state index in [0.717, 1.165) is 25.6 Å². The highest BCUT2D eigenvalue weighted by atomic mass is 127. The Bertz CT molecular complexity index is 807.